The summed E-state index contributed by atoms with van der Waals surface area (Å²) in [4.78, 5) is 24.4. The first-order valence-electron chi connectivity index (χ1n) is 10.3. The standard InChI is InChI=1S/C25H28N4O3/c1-15-7-8-23(32-6)22(12-15)27-24(30)25(31)28-26-14-20-13-18(4)29(19(20)5)21-10-16(2)9-17(3)11-21/h7-14H,1-6H3,(H,27,30)(H,28,31)/b26-14-. The van der Waals surface area contributed by atoms with Crippen LogP contribution in [0.3, 0.4) is 0 Å². The van der Waals surface area contributed by atoms with E-state index in [4.69, 9.17) is 4.74 Å². The summed E-state index contributed by atoms with van der Waals surface area (Å²) in [6, 6.07) is 13.7. The predicted molar refractivity (Wildman–Crippen MR) is 127 cm³/mol. The fourth-order valence-corrected chi connectivity index (χ4v) is 3.71. The van der Waals surface area contributed by atoms with E-state index in [1.54, 1.807) is 18.3 Å². The van der Waals surface area contributed by atoms with Crippen LogP contribution in [0.5, 0.6) is 5.75 Å². The zero-order valence-electron chi connectivity index (χ0n) is 19.2. The Bertz CT molecular complexity index is 1190. The first-order valence-corrected chi connectivity index (χ1v) is 10.3. The molecule has 0 saturated heterocycles. The second-order valence-electron chi connectivity index (χ2n) is 7.86. The molecule has 3 rings (SSSR count). The van der Waals surface area contributed by atoms with Crippen LogP contribution in [0, 0.1) is 34.6 Å². The van der Waals surface area contributed by atoms with E-state index in [0.29, 0.717) is 11.4 Å². The van der Waals surface area contributed by atoms with Gasteiger partial charge in [0.05, 0.1) is 19.0 Å². The van der Waals surface area contributed by atoms with E-state index >= 15 is 0 Å². The van der Waals surface area contributed by atoms with Crippen molar-refractivity contribution in [3.8, 4) is 11.4 Å². The van der Waals surface area contributed by atoms with Gasteiger partial charge in [-0.3, -0.25) is 9.59 Å². The van der Waals surface area contributed by atoms with Crippen LogP contribution < -0.4 is 15.5 Å². The molecule has 2 N–H and O–H groups in total. The van der Waals surface area contributed by atoms with Gasteiger partial charge >= 0.3 is 11.8 Å². The van der Waals surface area contributed by atoms with Gasteiger partial charge in [0.2, 0.25) is 0 Å². The van der Waals surface area contributed by atoms with Gasteiger partial charge in [-0.25, -0.2) is 5.43 Å². The van der Waals surface area contributed by atoms with E-state index in [-0.39, 0.29) is 0 Å². The minimum atomic E-state index is -0.868. The summed E-state index contributed by atoms with van der Waals surface area (Å²) in [6.07, 6.45) is 1.54. The number of hydrogen-bond donors (Lipinski definition) is 2. The molecule has 7 nitrogen and oxygen atoms in total. The second kappa shape index (κ2) is 9.51. The van der Waals surface area contributed by atoms with Crippen molar-refractivity contribution in [1.82, 2.24) is 9.99 Å². The summed E-state index contributed by atoms with van der Waals surface area (Å²) in [6.45, 7) is 10.0. The number of anilines is 1. The average Bonchev–Trinajstić information content (AvgIpc) is 3.00. The third-order valence-electron chi connectivity index (χ3n) is 5.11. The summed E-state index contributed by atoms with van der Waals surface area (Å²) in [5, 5.41) is 6.53. The number of hydrazone groups is 1. The SMILES string of the molecule is COc1ccc(C)cc1NC(=O)C(=O)N/N=C\c1cc(C)n(-c2cc(C)cc(C)c2)c1C. The van der Waals surface area contributed by atoms with Crippen LogP contribution >= 0.6 is 0 Å². The van der Waals surface area contributed by atoms with Crippen LogP contribution in [0.4, 0.5) is 5.69 Å². The van der Waals surface area contributed by atoms with Crippen molar-refractivity contribution in [3.05, 3.63) is 76.1 Å². The summed E-state index contributed by atoms with van der Waals surface area (Å²) < 4.78 is 7.36. The van der Waals surface area contributed by atoms with Gasteiger partial charge in [-0.2, -0.15) is 5.10 Å². The molecule has 0 aliphatic rings. The highest BCUT2D eigenvalue weighted by molar-refractivity contribution is 6.39. The normalized spacial score (nSPS) is 10.9. The van der Waals surface area contributed by atoms with Crippen molar-refractivity contribution in [2.45, 2.75) is 34.6 Å². The molecule has 0 unspecified atom stereocenters. The van der Waals surface area contributed by atoms with Gasteiger partial charge in [0.25, 0.3) is 0 Å². The third-order valence-corrected chi connectivity index (χ3v) is 5.11. The van der Waals surface area contributed by atoms with E-state index in [0.717, 1.165) is 28.2 Å². The number of aromatic nitrogens is 1. The quantitative estimate of drug-likeness (QED) is 0.361. The minimum absolute atomic E-state index is 0.425. The average molecular weight is 433 g/mol. The molecular formula is C25H28N4O3. The van der Waals surface area contributed by atoms with Crippen molar-refractivity contribution in [1.29, 1.82) is 0 Å². The fourth-order valence-electron chi connectivity index (χ4n) is 3.71. The molecule has 0 fully saturated rings. The lowest BCUT2D eigenvalue weighted by Crippen LogP contribution is -2.32. The van der Waals surface area contributed by atoms with Gasteiger partial charge in [-0.05, 0) is 81.6 Å². The van der Waals surface area contributed by atoms with Crippen molar-refractivity contribution in [3.63, 3.8) is 0 Å². The predicted octanol–water partition coefficient (Wildman–Crippen LogP) is 4.12. The molecule has 2 amide bonds. The molecular weight excluding hydrogens is 404 g/mol. The molecule has 1 heterocycles. The van der Waals surface area contributed by atoms with E-state index < -0.39 is 11.8 Å². The summed E-state index contributed by atoms with van der Waals surface area (Å²) in [5.74, 6) is -1.22. The van der Waals surface area contributed by atoms with Gasteiger partial charge in [0.15, 0.2) is 0 Å². The second-order valence-corrected chi connectivity index (χ2v) is 7.86. The van der Waals surface area contributed by atoms with Crippen molar-refractivity contribution < 1.29 is 14.3 Å². The number of nitrogens with zero attached hydrogens (tertiary/aromatic N) is 2. The zero-order chi connectivity index (χ0) is 23.4. The molecule has 32 heavy (non-hydrogen) atoms. The molecule has 3 aromatic rings. The molecule has 0 aliphatic heterocycles. The van der Waals surface area contributed by atoms with E-state index in [2.05, 4.69) is 52.5 Å². The van der Waals surface area contributed by atoms with Crippen molar-refractivity contribution >= 4 is 23.7 Å². The maximum atomic E-state index is 12.3. The maximum Gasteiger partial charge on any atom is 0.329 e. The molecule has 0 spiro atoms. The lowest BCUT2D eigenvalue weighted by atomic mass is 10.1. The summed E-state index contributed by atoms with van der Waals surface area (Å²) >= 11 is 0. The third kappa shape index (κ3) is 5.06. The highest BCUT2D eigenvalue weighted by atomic mass is 16.5. The number of nitrogens with one attached hydrogen (secondary N) is 2. The summed E-state index contributed by atoms with van der Waals surface area (Å²) in [5.41, 5.74) is 9.97. The Balaban J connectivity index is 1.72. The monoisotopic (exact) mass is 432 g/mol. The number of carbonyl (C=O) groups excluding carboxylic acids is 2. The molecule has 166 valence electrons. The maximum absolute atomic E-state index is 12.3. The first kappa shape index (κ1) is 22.8. The van der Waals surface area contributed by atoms with Crippen LogP contribution in [-0.2, 0) is 9.59 Å². The molecule has 0 aliphatic carbocycles. The molecule has 0 radical (unpaired) electrons. The Morgan fingerprint density at radius 1 is 0.906 bits per heavy atom. The van der Waals surface area contributed by atoms with Crippen LogP contribution in [0.2, 0.25) is 0 Å². The number of hydrogen-bond acceptors (Lipinski definition) is 4. The smallest absolute Gasteiger partial charge is 0.329 e. The van der Waals surface area contributed by atoms with E-state index in [9.17, 15) is 9.59 Å². The largest absolute Gasteiger partial charge is 0.495 e. The lowest BCUT2D eigenvalue weighted by molar-refractivity contribution is -0.136. The van der Waals surface area contributed by atoms with Crippen molar-refractivity contribution in [2.75, 3.05) is 12.4 Å². The number of ether oxygens (including phenoxy) is 1. The number of benzene rings is 2. The van der Waals surface area contributed by atoms with Crippen molar-refractivity contribution in [2.24, 2.45) is 5.10 Å². The molecule has 1 aromatic heterocycles. The van der Waals surface area contributed by atoms with Gasteiger partial charge in [0.1, 0.15) is 5.75 Å². The number of amides is 2. The van der Waals surface area contributed by atoms with E-state index in [1.807, 2.05) is 32.9 Å². The molecule has 0 atom stereocenters. The number of rotatable bonds is 5. The van der Waals surface area contributed by atoms with Gasteiger partial charge in [-0.1, -0.05) is 12.1 Å². The van der Waals surface area contributed by atoms with Crippen LogP contribution in [0.1, 0.15) is 33.6 Å². The molecule has 0 saturated carbocycles. The highest BCUT2D eigenvalue weighted by Gasteiger charge is 2.16. The molecule has 7 heteroatoms. The number of aryl methyl sites for hydroxylation is 4. The Kier molecular flexibility index (Phi) is 6.78. The zero-order valence-corrected chi connectivity index (χ0v) is 19.2. The Labute approximate surface area is 188 Å². The van der Waals surface area contributed by atoms with E-state index in [1.165, 1.54) is 18.2 Å². The topological polar surface area (TPSA) is 84.7 Å². The van der Waals surface area contributed by atoms with Gasteiger partial charge in [0, 0.05) is 22.6 Å². The van der Waals surface area contributed by atoms with Gasteiger partial charge < -0.3 is 14.6 Å². The summed E-state index contributed by atoms with van der Waals surface area (Å²) in [7, 11) is 1.50. The fraction of sp³-hybridized carbons (Fsp3) is 0.240. The number of carbonyl (C=O) groups is 2. The minimum Gasteiger partial charge on any atom is -0.495 e. The first-order chi connectivity index (χ1) is 15.2. The van der Waals surface area contributed by atoms with Gasteiger partial charge in [-0.15, -0.1) is 0 Å². The lowest BCUT2D eigenvalue weighted by Gasteiger charge is -2.11. The Morgan fingerprint density at radius 3 is 2.25 bits per heavy atom. The van der Waals surface area contributed by atoms with Crippen LogP contribution in [-0.4, -0.2) is 29.7 Å². The Morgan fingerprint density at radius 2 is 1.59 bits per heavy atom. The highest BCUT2D eigenvalue weighted by Crippen LogP contribution is 2.25. The van der Waals surface area contributed by atoms with Crippen LogP contribution in [0.15, 0.2) is 47.6 Å². The molecule has 2 aromatic carbocycles. The number of methoxy groups -OCH3 is 1. The Hall–Kier alpha value is -3.87. The van der Waals surface area contributed by atoms with Crippen LogP contribution in [0.25, 0.3) is 5.69 Å². The molecule has 0 bridgehead atoms.